The first kappa shape index (κ1) is 15.7. The van der Waals surface area contributed by atoms with E-state index >= 15 is 0 Å². The monoisotopic (exact) mass is 311 g/mol. The van der Waals surface area contributed by atoms with Crippen molar-refractivity contribution in [3.8, 4) is 0 Å². The Balaban J connectivity index is 2.24. The Hall–Kier alpha value is -1.69. The molecule has 6 nitrogen and oxygen atoms in total. The molecule has 0 aliphatic heterocycles. The highest BCUT2D eigenvalue weighted by molar-refractivity contribution is 6.29. The molecule has 1 aromatic rings. The van der Waals surface area contributed by atoms with Crippen molar-refractivity contribution < 1.29 is 14.7 Å². The van der Waals surface area contributed by atoms with Gasteiger partial charge in [-0.3, -0.25) is 9.59 Å². The number of amides is 1. The number of carbonyl (C=O) groups is 2. The average molecular weight is 312 g/mol. The van der Waals surface area contributed by atoms with Crippen molar-refractivity contribution in [1.82, 2.24) is 14.9 Å². The molecule has 1 N–H and O–H groups in total. The van der Waals surface area contributed by atoms with Crippen LogP contribution in [0.4, 0.5) is 0 Å². The van der Waals surface area contributed by atoms with Crippen molar-refractivity contribution in [3.63, 3.8) is 0 Å². The van der Waals surface area contributed by atoms with Gasteiger partial charge in [0, 0.05) is 7.05 Å². The number of carbonyl (C=O) groups excluding carboxylic acids is 1. The maximum atomic E-state index is 12.5. The number of carboxylic acids is 1. The van der Waals surface area contributed by atoms with E-state index in [0.717, 1.165) is 19.3 Å². The van der Waals surface area contributed by atoms with E-state index in [1.807, 2.05) is 0 Å². The molecule has 0 saturated heterocycles. The molecule has 1 saturated carbocycles. The Kier molecular flexibility index (Phi) is 4.77. The molecule has 1 aromatic heterocycles. The van der Waals surface area contributed by atoms with E-state index in [9.17, 15) is 14.7 Å². The first-order valence-corrected chi connectivity index (χ1v) is 7.30. The SMILES string of the molecule is CN(C(=O)c1cnc(Cl)cn1)C1(CC(=O)O)CCCCC1. The van der Waals surface area contributed by atoms with Gasteiger partial charge in [-0.15, -0.1) is 0 Å². The minimum atomic E-state index is -0.890. The van der Waals surface area contributed by atoms with E-state index in [1.54, 1.807) is 7.05 Å². The Labute approximate surface area is 128 Å². The standard InChI is InChI=1S/C14H18ClN3O3/c1-18(13(21)10-8-17-11(15)9-16-10)14(7-12(19)20)5-3-2-4-6-14/h8-9H,2-7H2,1H3,(H,19,20). The van der Waals surface area contributed by atoms with Gasteiger partial charge in [-0.2, -0.15) is 0 Å². The first-order valence-electron chi connectivity index (χ1n) is 6.92. The molecule has 1 heterocycles. The zero-order chi connectivity index (χ0) is 15.5. The Morgan fingerprint density at radius 3 is 2.48 bits per heavy atom. The molecule has 1 aliphatic carbocycles. The number of aliphatic carboxylic acids is 1. The molecule has 0 bridgehead atoms. The number of hydrogen-bond acceptors (Lipinski definition) is 4. The first-order chi connectivity index (χ1) is 9.94. The number of hydrogen-bond donors (Lipinski definition) is 1. The molecular weight excluding hydrogens is 294 g/mol. The highest BCUT2D eigenvalue weighted by Crippen LogP contribution is 2.36. The molecule has 7 heteroatoms. The summed E-state index contributed by atoms with van der Waals surface area (Å²) in [5, 5.41) is 9.40. The Morgan fingerprint density at radius 2 is 1.95 bits per heavy atom. The molecule has 0 radical (unpaired) electrons. The van der Waals surface area contributed by atoms with Gasteiger partial charge in [0.15, 0.2) is 0 Å². The van der Waals surface area contributed by atoms with Crippen LogP contribution in [0.3, 0.4) is 0 Å². The molecule has 21 heavy (non-hydrogen) atoms. The van der Waals surface area contributed by atoms with Crippen molar-refractivity contribution in [2.24, 2.45) is 0 Å². The second-order valence-corrected chi connectivity index (χ2v) is 5.83. The van der Waals surface area contributed by atoms with Crippen molar-refractivity contribution in [3.05, 3.63) is 23.2 Å². The molecule has 0 aromatic carbocycles. The van der Waals surface area contributed by atoms with Crippen LogP contribution >= 0.6 is 11.6 Å². The average Bonchev–Trinajstić information content (AvgIpc) is 2.47. The fraction of sp³-hybridized carbons (Fsp3) is 0.571. The fourth-order valence-electron chi connectivity index (χ4n) is 2.93. The topological polar surface area (TPSA) is 83.4 Å². The van der Waals surface area contributed by atoms with Crippen LogP contribution in [0.5, 0.6) is 0 Å². The second kappa shape index (κ2) is 6.39. The summed E-state index contributed by atoms with van der Waals surface area (Å²) in [5.41, 5.74) is -0.458. The molecule has 0 atom stereocenters. The summed E-state index contributed by atoms with van der Waals surface area (Å²) in [5.74, 6) is -1.21. The summed E-state index contributed by atoms with van der Waals surface area (Å²) in [6, 6.07) is 0. The van der Waals surface area contributed by atoms with Crippen LogP contribution in [0.15, 0.2) is 12.4 Å². The lowest BCUT2D eigenvalue weighted by Crippen LogP contribution is -2.52. The van der Waals surface area contributed by atoms with Gasteiger partial charge < -0.3 is 10.0 Å². The molecule has 114 valence electrons. The summed E-state index contributed by atoms with van der Waals surface area (Å²) < 4.78 is 0. The lowest BCUT2D eigenvalue weighted by atomic mass is 9.78. The van der Waals surface area contributed by atoms with E-state index in [1.165, 1.54) is 17.3 Å². The number of aromatic nitrogens is 2. The molecule has 1 aliphatic rings. The van der Waals surface area contributed by atoms with E-state index in [4.69, 9.17) is 11.6 Å². The second-order valence-electron chi connectivity index (χ2n) is 5.44. The van der Waals surface area contributed by atoms with Crippen LogP contribution in [0, 0.1) is 0 Å². The predicted octanol–water partition coefficient (Wildman–Crippen LogP) is 2.38. The van der Waals surface area contributed by atoms with Crippen molar-refractivity contribution in [2.75, 3.05) is 7.05 Å². The van der Waals surface area contributed by atoms with Gasteiger partial charge in [-0.25, -0.2) is 9.97 Å². The molecule has 0 spiro atoms. The Morgan fingerprint density at radius 1 is 1.29 bits per heavy atom. The number of nitrogens with zero attached hydrogens (tertiary/aromatic N) is 3. The predicted molar refractivity (Wildman–Crippen MR) is 77.2 cm³/mol. The van der Waals surface area contributed by atoms with Crippen molar-refractivity contribution in [2.45, 2.75) is 44.1 Å². The zero-order valence-electron chi connectivity index (χ0n) is 11.9. The summed E-state index contributed by atoms with van der Waals surface area (Å²) in [7, 11) is 1.65. The smallest absolute Gasteiger partial charge is 0.305 e. The van der Waals surface area contributed by atoms with Crippen LogP contribution in [0.1, 0.15) is 49.0 Å². The number of halogens is 1. The van der Waals surface area contributed by atoms with Gasteiger partial charge in [-0.05, 0) is 12.8 Å². The maximum Gasteiger partial charge on any atom is 0.305 e. The maximum absolute atomic E-state index is 12.5. The van der Waals surface area contributed by atoms with Crippen LogP contribution in [-0.2, 0) is 4.79 Å². The largest absolute Gasteiger partial charge is 0.481 e. The molecule has 1 amide bonds. The molecule has 2 rings (SSSR count). The highest BCUT2D eigenvalue weighted by atomic mass is 35.5. The quantitative estimate of drug-likeness (QED) is 0.923. The van der Waals surface area contributed by atoms with E-state index in [0.29, 0.717) is 12.8 Å². The summed E-state index contributed by atoms with van der Waals surface area (Å²) in [6.07, 6.45) is 6.91. The minimum absolute atomic E-state index is 0.0454. The summed E-state index contributed by atoms with van der Waals surface area (Å²) in [6.45, 7) is 0. The van der Waals surface area contributed by atoms with E-state index in [2.05, 4.69) is 9.97 Å². The highest BCUT2D eigenvalue weighted by Gasteiger charge is 2.41. The third-order valence-corrected chi connectivity index (χ3v) is 4.32. The van der Waals surface area contributed by atoms with Gasteiger partial charge in [0.2, 0.25) is 0 Å². The van der Waals surface area contributed by atoms with Crippen LogP contribution in [0.2, 0.25) is 5.15 Å². The third-order valence-electron chi connectivity index (χ3n) is 4.12. The zero-order valence-corrected chi connectivity index (χ0v) is 12.6. The third kappa shape index (κ3) is 3.50. The molecular formula is C14H18ClN3O3. The van der Waals surface area contributed by atoms with Crippen molar-refractivity contribution >= 4 is 23.5 Å². The van der Waals surface area contributed by atoms with E-state index in [-0.39, 0.29) is 23.2 Å². The van der Waals surface area contributed by atoms with Gasteiger partial charge >= 0.3 is 5.97 Å². The summed E-state index contributed by atoms with van der Waals surface area (Å²) in [4.78, 5) is 33.1. The minimum Gasteiger partial charge on any atom is -0.481 e. The normalized spacial score (nSPS) is 17.2. The van der Waals surface area contributed by atoms with Gasteiger partial charge in [0.05, 0.1) is 24.4 Å². The fourth-order valence-corrected chi connectivity index (χ4v) is 3.03. The summed E-state index contributed by atoms with van der Waals surface area (Å²) >= 11 is 5.66. The van der Waals surface area contributed by atoms with Gasteiger partial charge in [0.1, 0.15) is 10.8 Å². The number of rotatable bonds is 4. The lowest BCUT2D eigenvalue weighted by molar-refractivity contribution is -0.140. The Bertz CT molecular complexity index is 527. The lowest BCUT2D eigenvalue weighted by Gasteiger charge is -2.43. The van der Waals surface area contributed by atoms with Gasteiger partial charge in [0.25, 0.3) is 5.91 Å². The van der Waals surface area contributed by atoms with Crippen molar-refractivity contribution in [1.29, 1.82) is 0 Å². The molecule has 1 fully saturated rings. The van der Waals surface area contributed by atoms with Crippen LogP contribution < -0.4 is 0 Å². The number of carboxylic acid groups (broad SMARTS) is 1. The molecule has 0 unspecified atom stereocenters. The van der Waals surface area contributed by atoms with Crippen LogP contribution in [0.25, 0.3) is 0 Å². The van der Waals surface area contributed by atoms with Gasteiger partial charge in [-0.1, -0.05) is 30.9 Å². The van der Waals surface area contributed by atoms with E-state index < -0.39 is 11.5 Å². The van der Waals surface area contributed by atoms with Crippen LogP contribution in [-0.4, -0.2) is 44.4 Å².